The van der Waals surface area contributed by atoms with Crippen LogP contribution in [-0.2, 0) is 6.42 Å². The highest BCUT2D eigenvalue weighted by molar-refractivity contribution is 5.59. The van der Waals surface area contributed by atoms with E-state index in [1.807, 2.05) is 18.5 Å². The van der Waals surface area contributed by atoms with Crippen LogP contribution in [0.4, 0.5) is 17.2 Å². The molecule has 2 aromatic heterocycles. The van der Waals surface area contributed by atoms with Crippen molar-refractivity contribution >= 4 is 17.2 Å². The number of anilines is 3. The van der Waals surface area contributed by atoms with E-state index in [0.717, 1.165) is 30.2 Å². The third-order valence-electron chi connectivity index (χ3n) is 5.90. The van der Waals surface area contributed by atoms with Crippen molar-refractivity contribution in [1.82, 2.24) is 9.97 Å². The van der Waals surface area contributed by atoms with Crippen LogP contribution in [0.15, 0.2) is 60.9 Å². The molecule has 0 bridgehead atoms. The number of hydrogen-bond acceptors (Lipinski definition) is 4. The Morgan fingerprint density at radius 1 is 1.10 bits per heavy atom. The van der Waals surface area contributed by atoms with Gasteiger partial charge >= 0.3 is 0 Å². The number of aromatic nitrogens is 2. The molecule has 1 aromatic carbocycles. The molecule has 4 rings (SSSR count). The topological polar surface area (TPSA) is 41.1 Å². The fourth-order valence-electron chi connectivity index (χ4n) is 4.22. The minimum Gasteiger partial charge on any atom is -0.383 e. The van der Waals surface area contributed by atoms with Crippen LogP contribution in [-0.4, -0.2) is 23.6 Å². The van der Waals surface area contributed by atoms with Crippen LogP contribution >= 0.6 is 0 Å². The average molecular weight is 387 g/mol. The quantitative estimate of drug-likeness (QED) is 0.573. The number of para-hydroxylation sites is 1. The summed E-state index contributed by atoms with van der Waals surface area (Å²) in [6, 6.07) is 17.0. The Morgan fingerprint density at radius 3 is 2.72 bits per heavy atom. The molecule has 2 heterocycles. The lowest BCUT2D eigenvalue weighted by Crippen LogP contribution is -2.21. The van der Waals surface area contributed by atoms with E-state index in [1.54, 1.807) is 0 Å². The molecule has 1 unspecified atom stereocenters. The molecule has 0 fully saturated rings. The first-order valence-electron chi connectivity index (χ1n) is 10.6. The lowest BCUT2D eigenvalue weighted by Gasteiger charge is -2.28. The van der Waals surface area contributed by atoms with Crippen molar-refractivity contribution in [3.63, 3.8) is 0 Å². The van der Waals surface area contributed by atoms with Gasteiger partial charge in [-0.3, -0.25) is 4.98 Å². The third kappa shape index (κ3) is 4.26. The molecule has 0 spiro atoms. The predicted molar refractivity (Wildman–Crippen MR) is 121 cm³/mol. The van der Waals surface area contributed by atoms with Crippen LogP contribution in [0.1, 0.15) is 55.3 Å². The van der Waals surface area contributed by atoms with E-state index in [2.05, 4.69) is 78.6 Å². The second-order valence-corrected chi connectivity index (χ2v) is 8.19. The number of rotatable bonds is 6. The Bertz CT molecular complexity index is 952. The van der Waals surface area contributed by atoms with E-state index in [-0.39, 0.29) is 0 Å². The molecule has 0 amide bonds. The number of pyridine rings is 2. The van der Waals surface area contributed by atoms with E-state index < -0.39 is 0 Å². The summed E-state index contributed by atoms with van der Waals surface area (Å²) in [6.45, 7) is 5.38. The predicted octanol–water partition coefficient (Wildman–Crippen LogP) is 5.90. The molecule has 0 saturated carbocycles. The van der Waals surface area contributed by atoms with Gasteiger partial charge in [-0.2, -0.15) is 0 Å². The van der Waals surface area contributed by atoms with E-state index >= 15 is 0 Å². The molecule has 0 radical (unpaired) electrons. The summed E-state index contributed by atoms with van der Waals surface area (Å²) in [5.41, 5.74) is 6.28. The van der Waals surface area contributed by atoms with Gasteiger partial charge in [-0.25, -0.2) is 4.98 Å². The maximum atomic E-state index is 5.03. The van der Waals surface area contributed by atoms with E-state index in [9.17, 15) is 0 Å². The van der Waals surface area contributed by atoms with Crippen LogP contribution in [0.2, 0.25) is 0 Å². The third-order valence-corrected chi connectivity index (χ3v) is 5.90. The van der Waals surface area contributed by atoms with Gasteiger partial charge in [0.15, 0.2) is 0 Å². The first-order valence-corrected chi connectivity index (χ1v) is 10.6. The van der Waals surface area contributed by atoms with E-state index in [1.165, 1.54) is 29.7 Å². The molecule has 1 atom stereocenters. The highest BCUT2D eigenvalue weighted by Gasteiger charge is 2.22. The van der Waals surface area contributed by atoms with Gasteiger partial charge in [-0.05, 0) is 60.6 Å². The molecule has 1 aliphatic carbocycles. The van der Waals surface area contributed by atoms with Gasteiger partial charge in [0.1, 0.15) is 5.82 Å². The lowest BCUT2D eigenvalue weighted by atomic mass is 9.85. The summed E-state index contributed by atoms with van der Waals surface area (Å²) in [6.07, 6.45) is 7.29. The van der Waals surface area contributed by atoms with Crippen LogP contribution < -0.4 is 10.2 Å². The number of aryl methyl sites for hydroxylation is 1. The summed E-state index contributed by atoms with van der Waals surface area (Å²) in [7, 11) is 2.09. The second-order valence-electron chi connectivity index (χ2n) is 8.19. The van der Waals surface area contributed by atoms with E-state index in [0.29, 0.717) is 11.8 Å². The number of nitrogens with zero attached hydrogens (tertiary/aromatic N) is 3. The van der Waals surface area contributed by atoms with Gasteiger partial charge in [0.05, 0.1) is 11.9 Å². The molecular formula is C25H30N4. The van der Waals surface area contributed by atoms with Crippen LogP contribution in [0.5, 0.6) is 0 Å². The molecule has 3 aromatic rings. The van der Waals surface area contributed by atoms with Crippen molar-refractivity contribution in [2.75, 3.05) is 23.8 Å². The van der Waals surface area contributed by atoms with Crippen molar-refractivity contribution in [2.45, 2.75) is 44.9 Å². The highest BCUT2D eigenvalue weighted by atomic mass is 15.2. The van der Waals surface area contributed by atoms with Crippen molar-refractivity contribution in [3.05, 3.63) is 77.7 Å². The maximum Gasteiger partial charge on any atom is 0.132 e. The first kappa shape index (κ1) is 19.4. The number of fused-ring (bicyclic) bond motifs is 1. The number of hydrogen-bond donors (Lipinski definition) is 1. The second kappa shape index (κ2) is 8.64. The summed E-state index contributed by atoms with van der Waals surface area (Å²) in [5.74, 6) is 1.98. The molecule has 1 aliphatic rings. The maximum absolute atomic E-state index is 5.03. The summed E-state index contributed by atoms with van der Waals surface area (Å²) >= 11 is 0. The Hall–Kier alpha value is -2.88. The molecule has 150 valence electrons. The standard InChI is InChI=1S/C25H30N4/c1-18(2)21-14-15-26-17-24(21)27-16-19-8-7-11-23-22(19)12-13-25(28-23)29(3)20-9-5-4-6-10-20/h4-6,9-10,12-15,17-19,27H,7-8,11,16H2,1-3H3. The van der Waals surface area contributed by atoms with Gasteiger partial charge in [-0.1, -0.05) is 38.1 Å². The van der Waals surface area contributed by atoms with Crippen molar-refractivity contribution in [3.8, 4) is 0 Å². The molecule has 29 heavy (non-hydrogen) atoms. The van der Waals surface area contributed by atoms with Gasteiger partial charge in [0.25, 0.3) is 0 Å². The van der Waals surface area contributed by atoms with Crippen LogP contribution in [0.3, 0.4) is 0 Å². The Labute approximate surface area is 174 Å². The minimum atomic E-state index is 0.483. The Balaban J connectivity index is 1.52. The monoisotopic (exact) mass is 386 g/mol. The van der Waals surface area contributed by atoms with E-state index in [4.69, 9.17) is 4.98 Å². The first-order chi connectivity index (χ1) is 14.1. The fraction of sp³-hybridized carbons (Fsp3) is 0.360. The largest absolute Gasteiger partial charge is 0.383 e. The van der Waals surface area contributed by atoms with Gasteiger partial charge in [-0.15, -0.1) is 0 Å². The lowest BCUT2D eigenvalue weighted by molar-refractivity contribution is 0.561. The van der Waals surface area contributed by atoms with Gasteiger partial charge in [0.2, 0.25) is 0 Å². The van der Waals surface area contributed by atoms with Crippen LogP contribution in [0.25, 0.3) is 0 Å². The van der Waals surface area contributed by atoms with Crippen LogP contribution in [0, 0.1) is 0 Å². The normalized spacial score (nSPS) is 15.8. The Morgan fingerprint density at radius 2 is 1.93 bits per heavy atom. The van der Waals surface area contributed by atoms with Crippen molar-refractivity contribution < 1.29 is 0 Å². The minimum absolute atomic E-state index is 0.483. The number of nitrogens with one attached hydrogen (secondary N) is 1. The molecule has 4 nitrogen and oxygen atoms in total. The zero-order chi connectivity index (χ0) is 20.2. The summed E-state index contributed by atoms with van der Waals surface area (Å²) in [5, 5.41) is 3.67. The molecule has 1 N–H and O–H groups in total. The Kier molecular flexibility index (Phi) is 5.79. The van der Waals surface area contributed by atoms with Gasteiger partial charge in [0, 0.05) is 37.1 Å². The zero-order valence-corrected chi connectivity index (χ0v) is 17.6. The molecule has 0 aliphatic heterocycles. The number of benzene rings is 1. The highest BCUT2D eigenvalue weighted by Crippen LogP contribution is 2.34. The fourth-order valence-corrected chi connectivity index (χ4v) is 4.22. The zero-order valence-electron chi connectivity index (χ0n) is 17.6. The van der Waals surface area contributed by atoms with Crippen molar-refractivity contribution in [2.24, 2.45) is 0 Å². The molecular weight excluding hydrogens is 356 g/mol. The smallest absolute Gasteiger partial charge is 0.132 e. The van der Waals surface area contributed by atoms with Crippen molar-refractivity contribution in [1.29, 1.82) is 0 Å². The SMILES string of the molecule is CC(C)c1ccncc1NCC1CCCc2nc(N(C)c3ccccc3)ccc21. The molecule has 4 heteroatoms. The average Bonchev–Trinajstić information content (AvgIpc) is 2.77. The summed E-state index contributed by atoms with van der Waals surface area (Å²) in [4.78, 5) is 11.5. The van der Waals surface area contributed by atoms with Gasteiger partial charge < -0.3 is 10.2 Å². The molecule has 0 saturated heterocycles. The summed E-state index contributed by atoms with van der Waals surface area (Å²) < 4.78 is 0.